The number of benzene rings is 2. The number of rotatable bonds is 7. The average Bonchev–Trinajstić information content (AvgIpc) is 3.25. The Balaban J connectivity index is 1.37. The third-order valence-corrected chi connectivity index (χ3v) is 9.05. The van der Waals surface area contributed by atoms with Crippen molar-refractivity contribution in [3.8, 4) is 5.75 Å². The number of ether oxygens (including phenoxy) is 1. The normalized spacial score (nSPS) is 14.8. The Kier molecular flexibility index (Phi) is 6.90. The van der Waals surface area contributed by atoms with E-state index in [0.29, 0.717) is 24.6 Å². The molecule has 4 rings (SSSR count). The summed E-state index contributed by atoms with van der Waals surface area (Å²) >= 11 is 1.64. The second kappa shape index (κ2) is 9.69. The van der Waals surface area contributed by atoms with Crippen molar-refractivity contribution < 1.29 is 17.9 Å². The topological polar surface area (TPSA) is 79.8 Å². The van der Waals surface area contributed by atoms with Crippen molar-refractivity contribution in [1.82, 2.24) is 9.88 Å². The maximum atomic E-state index is 12.8. The molecule has 2 aromatic carbocycles. The molecule has 9 heteroatoms. The number of piperazine rings is 1. The zero-order valence-electron chi connectivity index (χ0n) is 19.2. The first-order valence-electron chi connectivity index (χ1n) is 11.2. The molecule has 1 fully saturated rings. The number of sulfone groups is 1. The van der Waals surface area contributed by atoms with Crippen molar-refractivity contribution in [2.75, 3.05) is 37.7 Å². The first kappa shape index (κ1) is 23.5. The van der Waals surface area contributed by atoms with E-state index in [-0.39, 0.29) is 12.3 Å². The fourth-order valence-corrected chi connectivity index (χ4v) is 5.92. The Hall–Kier alpha value is -2.65. The summed E-state index contributed by atoms with van der Waals surface area (Å²) in [6.45, 7) is 8.60. The fourth-order valence-electron chi connectivity index (χ4n) is 3.82. The molecule has 0 unspecified atom stereocenters. The largest absolute Gasteiger partial charge is 0.492 e. The van der Waals surface area contributed by atoms with Gasteiger partial charge in [-0.05, 0) is 50.6 Å². The van der Waals surface area contributed by atoms with E-state index in [4.69, 9.17) is 9.72 Å². The number of para-hydroxylation sites is 1. The molecule has 0 bridgehead atoms. The Bertz CT molecular complexity index is 1230. The molecule has 7 nitrogen and oxygen atoms in total. The van der Waals surface area contributed by atoms with E-state index in [0.717, 1.165) is 39.8 Å². The van der Waals surface area contributed by atoms with Gasteiger partial charge in [-0.25, -0.2) is 13.4 Å². The van der Waals surface area contributed by atoms with Crippen LogP contribution in [0.25, 0.3) is 10.2 Å². The van der Waals surface area contributed by atoms with Gasteiger partial charge in [0.1, 0.15) is 11.3 Å². The predicted octanol–water partition coefficient (Wildman–Crippen LogP) is 3.77. The lowest BCUT2D eigenvalue weighted by atomic mass is 10.1. The molecule has 176 valence electrons. The summed E-state index contributed by atoms with van der Waals surface area (Å²) in [6.07, 6.45) is 0.265. The second-order valence-electron chi connectivity index (χ2n) is 8.31. The van der Waals surface area contributed by atoms with E-state index >= 15 is 0 Å². The molecular weight excluding hydrogens is 458 g/mol. The van der Waals surface area contributed by atoms with Crippen molar-refractivity contribution in [3.63, 3.8) is 0 Å². The molecule has 0 atom stereocenters. The molecule has 1 aliphatic rings. The summed E-state index contributed by atoms with van der Waals surface area (Å²) in [5.74, 6) is 0.857. The molecule has 33 heavy (non-hydrogen) atoms. The van der Waals surface area contributed by atoms with Crippen LogP contribution < -0.4 is 9.64 Å². The molecule has 1 aliphatic heterocycles. The van der Waals surface area contributed by atoms with E-state index in [1.807, 2.05) is 24.0 Å². The van der Waals surface area contributed by atoms with Gasteiger partial charge in [0.25, 0.3) is 0 Å². The molecule has 1 saturated heterocycles. The number of fused-ring (bicyclic) bond motifs is 1. The summed E-state index contributed by atoms with van der Waals surface area (Å²) in [4.78, 5) is 22.0. The molecule has 0 N–H and O–H groups in total. The highest BCUT2D eigenvalue weighted by Crippen LogP contribution is 2.34. The highest BCUT2D eigenvalue weighted by molar-refractivity contribution is 7.92. The third-order valence-electron chi connectivity index (χ3n) is 5.80. The molecule has 1 aromatic heterocycles. The van der Waals surface area contributed by atoms with Crippen molar-refractivity contribution in [2.45, 2.75) is 37.3 Å². The summed E-state index contributed by atoms with van der Waals surface area (Å²) in [7, 11) is -3.30. The van der Waals surface area contributed by atoms with E-state index in [1.165, 1.54) is 0 Å². The Morgan fingerprint density at radius 1 is 1.09 bits per heavy atom. The minimum atomic E-state index is -3.30. The van der Waals surface area contributed by atoms with E-state index in [2.05, 4.69) is 11.0 Å². The molecule has 3 aromatic rings. The van der Waals surface area contributed by atoms with Crippen LogP contribution in [0.2, 0.25) is 0 Å². The van der Waals surface area contributed by atoms with Gasteiger partial charge in [-0.15, -0.1) is 0 Å². The zero-order valence-corrected chi connectivity index (χ0v) is 20.8. The molecule has 0 spiro atoms. The number of hydrogen-bond acceptors (Lipinski definition) is 7. The SMILES string of the molecule is CCOc1cccc2sc(N3CCN(C(=O)Cc4ccc(S(=O)(=O)C(C)C)cc4)CC3)nc12. The Labute approximate surface area is 198 Å². The van der Waals surface area contributed by atoms with Crippen LogP contribution in [0, 0.1) is 0 Å². The molecule has 1 amide bonds. The number of thiazole rings is 1. The zero-order chi connectivity index (χ0) is 23.6. The van der Waals surface area contributed by atoms with Crippen molar-refractivity contribution in [1.29, 1.82) is 0 Å². The minimum Gasteiger partial charge on any atom is -0.492 e. The quantitative estimate of drug-likeness (QED) is 0.505. The van der Waals surface area contributed by atoms with Crippen LogP contribution in [0.5, 0.6) is 5.75 Å². The Morgan fingerprint density at radius 3 is 2.42 bits per heavy atom. The molecule has 0 saturated carbocycles. The second-order valence-corrected chi connectivity index (χ2v) is 11.8. The third kappa shape index (κ3) is 4.99. The summed E-state index contributed by atoms with van der Waals surface area (Å²) < 4.78 is 31.4. The van der Waals surface area contributed by atoms with Gasteiger partial charge >= 0.3 is 0 Å². The number of hydrogen-bond donors (Lipinski definition) is 0. The van der Waals surface area contributed by atoms with Gasteiger partial charge in [-0.1, -0.05) is 29.5 Å². The average molecular weight is 488 g/mol. The lowest BCUT2D eigenvalue weighted by Crippen LogP contribution is -2.49. The predicted molar refractivity (Wildman–Crippen MR) is 132 cm³/mol. The molecular formula is C24H29N3O4S2. The van der Waals surface area contributed by atoms with Crippen LogP contribution in [-0.2, 0) is 21.1 Å². The standard InChI is InChI=1S/C24H29N3O4S2/c1-4-31-20-6-5-7-21-23(20)25-24(32-21)27-14-12-26(13-15-27)22(28)16-18-8-10-19(11-9-18)33(29,30)17(2)3/h5-11,17H,4,12-16H2,1-3H3. The number of nitrogens with zero attached hydrogens (tertiary/aromatic N) is 3. The lowest BCUT2D eigenvalue weighted by Gasteiger charge is -2.34. The van der Waals surface area contributed by atoms with Crippen LogP contribution in [-0.4, -0.2) is 62.2 Å². The van der Waals surface area contributed by atoms with Crippen molar-refractivity contribution >= 4 is 42.4 Å². The van der Waals surface area contributed by atoms with Crippen LogP contribution in [0.3, 0.4) is 0 Å². The number of aromatic nitrogens is 1. The van der Waals surface area contributed by atoms with Crippen molar-refractivity contribution in [3.05, 3.63) is 48.0 Å². The fraction of sp³-hybridized carbons (Fsp3) is 0.417. The number of carbonyl (C=O) groups is 1. The highest BCUT2D eigenvalue weighted by atomic mass is 32.2. The van der Waals surface area contributed by atoms with Gasteiger partial charge in [0, 0.05) is 26.2 Å². The number of amides is 1. The van der Waals surface area contributed by atoms with Gasteiger partial charge in [0.05, 0.1) is 27.9 Å². The number of carbonyl (C=O) groups excluding carboxylic acids is 1. The summed E-state index contributed by atoms with van der Waals surface area (Å²) in [5, 5.41) is 0.480. The van der Waals surface area contributed by atoms with Crippen LogP contribution in [0.4, 0.5) is 5.13 Å². The first-order valence-corrected chi connectivity index (χ1v) is 13.5. The lowest BCUT2D eigenvalue weighted by molar-refractivity contribution is -0.130. The van der Waals surface area contributed by atoms with Crippen LogP contribution in [0.15, 0.2) is 47.4 Å². The van der Waals surface area contributed by atoms with Gasteiger partial charge in [-0.2, -0.15) is 0 Å². The monoisotopic (exact) mass is 487 g/mol. The maximum absolute atomic E-state index is 12.8. The molecule has 2 heterocycles. The first-order chi connectivity index (χ1) is 15.8. The summed E-state index contributed by atoms with van der Waals surface area (Å²) in [5.41, 5.74) is 1.71. The Morgan fingerprint density at radius 2 is 1.79 bits per heavy atom. The highest BCUT2D eigenvalue weighted by Gasteiger charge is 2.24. The van der Waals surface area contributed by atoms with Crippen LogP contribution in [0.1, 0.15) is 26.3 Å². The van der Waals surface area contributed by atoms with E-state index in [9.17, 15) is 13.2 Å². The van der Waals surface area contributed by atoms with Gasteiger partial charge in [0.15, 0.2) is 15.0 Å². The smallest absolute Gasteiger partial charge is 0.227 e. The van der Waals surface area contributed by atoms with Crippen LogP contribution >= 0.6 is 11.3 Å². The molecule has 0 radical (unpaired) electrons. The van der Waals surface area contributed by atoms with Gasteiger partial charge in [-0.3, -0.25) is 4.79 Å². The molecule has 0 aliphatic carbocycles. The van der Waals surface area contributed by atoms with E-state index < -0.39 is 15.1 Å². The van der Waals surface area contributed by atoms with Gasteiger partial charge in [0.2, 0.25) is 5.91 Å². The summed E-state index contributed by atoms with van der Waals surface area (Å²) in [6, 6.07) is 12.6. The van der Waals surface area contributed by atoms with E-state index in [1.54, 1.807) is 49.4 Å². The van der Waals surface area contributed by atoms with Crippen molar-refractivity contribution in [2.24, 2.45) is 0 Å². The number of anilines is 1. The minimum absolute atomic E-state index is 0.0528. The van der Waals surface area contributed by atoms with Gasteiger partial charge < -0.3 is 14.5 Å². The maximum Gasteiger partial charge on any atom is 0.227 e.